The van der Waals surface area contributed by atoms with Gasteiger partial charge in [-0.15, -0.1) is 0 Å². The number of nitrogens with one attached hydrogen (secondary N) is 1. The number of carbonyl (C=O) groups excluding carboxylic acids is 1. The van der Waals surface area contributed by atoms with Crippen molar-refractivity contribution in [3.8, 4) is 0 Å². The van der Waals surface area contributed by atoms with Gasteiger partial charge in [-0.05, 0) is 51.4 Å². The Morgan fingerprint density at radius 3 is 1.28 bits per heavy atom. The molecule has 0 aliphatic carbocycles. The summed E-state index contributed by atoms with van der Waals surface area (Å²) in [6.07, 6.45) is 46.8. The molecule has 2 fully saturated rings. The van der Waals surface area contributed by atoms with E-state index in [1.165, 1.54) is 173 Å². The van der Waals surface area contributed by atoms with Crippen LogP contribution in [0.25, 0.3) is 0 Å². The Morgan fingerprint density at radius 2 is 0.835 bits per heavy atom. The summed E-state index contributed by atoms with van der Waals surface area (Å²) in [6, 6.07) is -0.823. The van der Waals surface area contributed by atoms with Crippen molar-refractivity contribution in [2.75, 3.05) is 19.8 Å². The van der Waals surface area contributed by atoms with Crippen LogP contribution in [-0.4, -0.2) is 140 Å². The summed E-state index contributed by atoms with van der Waals surface area (Å²) in [7, 11) is 0. The van der Waals surface area contributed by atoms with Gasteiger partial charge in [-0.25, -0.2) is 0 Å². The first kappa shape index (κ1) is 73.3. The Bertz CT molecular complexity index is 1460. The Kier molecular flexibility index (Phi) is 47.0. The smallest absolute Gasteiger partial charge is 0.220 e. The number of unbranched alkanes of at least 4 members (excludes halogenated alkanes) is 34. The fourth-order valence-corrected chi connectivity index (χ4v) is 10.8. The summed E-state index contributed by atoms with van der Waals surface area (Å²) in [5, 5.41) is 86.7. The second-order valence-corrected chi connectivity index (χ2v) is 23.2. The molecule has 464 valence electrons. The van der Waals surface area contributed by atoms with Gasteiger partial charge in [0.15, 0.2) is 12.6 Å². The molecule has 0 aromatic heterocycles. The minimum Gasteiger partial charge on any atom is -0.394 e. The van der Waals surface area contributed by atoms with Crippen molar-refractivity contribution < 1.29 is 64.6 Å². The van der Waals surface area contributed by atoms with Crippen molar-refractivity contribution in [3.05, 3.63) is 36.5 Å². The first-order valence-electron chi connectivity index (χ1n) is 32.7. The monoisotopic (exact) mass is 1120 g/mol. The van der Waals surface area contributed by atoms with Crippen LogP contribution in [0.5, 0.6) is 0 Å². The van der Waals surface area contributed by atoms with Crippen molar-refractivity contribution in [1.82, 2.24) is 5.32 Å². The van der Waals surface area contributed by atoms with Crippen LogP contribution in [0.2, 0.25) is 0 Å². The first-order chi connectivity index (χ1) is 38.6. The fraction of sp³-hybridized carbons (Fsp3) is 0.892. The molecule has 2 aliphatic rings. The molecule has 2 rings (SSSR count). The van der Waals surface area contributed by atoms with Gasteiger partial charge in [0.2, 0.25) is 5.91 Å². The molecule has 9 N–H and O–H groups in total. The van der Waals surface area contributed by atoms with E-state index in [4.69, 9.17) is 18.9 Å². The highest BCUT2D eigenvalue weighted by Crippen LogP contribution is 2.30. The molecule has 0 bridgehead atoms. The molecule has 14 nitrogen and oxygen atoms in total. The van der Waals surface area contributed by atoms with Crippen molar-refractivity contribution in [1.29, 1.82) is 0 Å². The van der Waals surface area contributed by atoms with E-state index >= 15 is 0 Å². The molecule has 0 saturated carbocycles. The van der Waals surface area contributed by atoms with Gasteiger partial charge >= 0.3 is 0 Å². The third kappa shape index (κ3) is 35.8. The molecular formula is C65H121NO13. The van der Waals surface area contributed by atoms with E-state index in [0.717, 1.165) is 77.0 Å². The molecule has 79 heavy (non-hydrogen) atoms. The molecule has 12 unspecified atom stereocenters. The third-order valence-corrected chi connectivity index (χ3v) is 16.1. The van der Waals surface area contributed by atoms with Crippen LogP contribution < -0.4 is 5.32 Å². The number of aliphatic hydroxyl groups excluding tert-OH is 8. The lowest BCUT2D eigenvalue weighted by molar-refractivity contribution is -0.359. The highest BCUT2D eigenvalue weighted by Gasteiger charge is 2.51. The number of carbonyl (C=O) groups is 1. The Balaban J connectivity index is 1.47. The predicted octanol–water partition coefficient (Wildman–Crippen LogP) is 12.2. The molecule has 2 saturated heterocycles. The predicted molar refractivity (Wildman–Crippen MR) is 318 cm³/mol. The molecule has 1 amide bonds. The van der Waals surface area contributed by atoms with E-state index in [1.54, 1.807) is 0 Å². The van der Waals surface area contributed by atoms with Gasteiger partial charge in [-0.2, -0.15) is 0 Å². The number of amides is 1. The van der Waals surface area contributed by atoms with Gasteiger partial charge in [-0.3, -0.25) is 4.79 Å². The second kappa shape index (κ2) is 50.7. The van der Waals surface area contributed by atoms with Gasteiger partial charge in [-0.1, -0.05) is 256 Å². The average Bonchev–Trinajstić information content (AvgIpc) is 3.47. The Labute approximate surface area is 481 Å². The summed E-state index contributed by atoms with van der Waals surface area (Å²) in [5.74, 6) is -0.208. The minimum atomic E-state index is -1.78. The van der Waals surface area contributed by atoms with Crippen LogP contribution >= 0.6 is 0 Å². The van der Waals surface area contributed by atoms with Crippen LogP contribution in [0, 0.1) is 0 Å². The molecule has 12 atom stereocenters. The standard InChI is InChI=1S/C65H121NO13/c1-3-5-7-9-11-12-13-14-15-16-17-18-19-20-21-22-23-24-25-26-27-28-29-30-31-32-33-34-35-36-37-38-39-40-41-42-43-45-47-49-57(70)66-53(54(69)48-46-44-10-8-6-4-2)52-76-64-62(75)60(73)63(56(51-68)78-64)79-65-61(74)59(72)58(71)55(50-67)77-65/h13-14,16-17,19-20,53-56,58-65,67-69,71-75H,3-12,15,18,21-52H2,1-2H3,(H,66,70)/b14-13-,17-16-,20-19-. The molecule has 2 aliphatic heterocycles. The van der Waals surface area contributed by atoms with Gasteiger partial charge in [0.1, 0.15) is 48.8 Å². The minimum absolute atomic E-state index is 0.208. The maximum absolute atomic E-state index is 13.2. The van der Waals surface area contributed by atoms with Gasteiger partial charge in [0.25, 0.3) is 0 Å². The van der Waals surface area contributed by atoms with Crippen molar-refractivity contribution in [2.24, 2.45) is 0 Å². The quantitative estimate of drug-likeness (QED) is 0.0204. The number of allylic oxidation sites excluding steroid dienone is 6. The summed E-state index contributed by atoms with van der Waals surface area (Å²) < 4.78 is 22.7. The van der Waals surface area contributed by atoms with Gasteiger partial charge in [0.05, 0.1) is 32.0 Å². The van der Waals surface area contributed by atoms with Crippen molar-refractivity contribution >= 4 is 5.91 Å². The van der Waals surface area contributed by atoms with E-state index in [1.807, 2.05) is 0 Å². The molecule has 2 heterocycles. The van der Waals surface area contributed by atoms with E-state index in [2.05, 4.69) is 55.6 Å². The Morgan fingerprint density at radius 1 is 0.456 bits per heavy atom. The van der Waals surface area contributed by atoms with E-state index in [0.29, 0.717) is 12.8 Å². The van der Waals surface area contributed by atoms with Crippen molar-refractivity contribution in [2.45, 2.75) is 351 Å². The molecule has 0 aromatic carbocycles. The highest BCUT2D eigenvalue weighted by atomic mass is 16.7. The third-order valence-electron chi connectivity index (χ3n) is 16.1. The number of aliphatic hydroxyl groups is 8. The summed E-state index contributed by atoms with van der Waals surface area (Å²) in [4.78, 5) is 13.2. The van der Waals surface area contributed by atoms with Crippen LogP contribution in [0.15, 0.2) is 36.5 Å². The van der Waals surface area contributed by atoms with Crippen LogP contribution in [0.4, 0.5) is 0 Å². The van der Waals surface area contributed by atoms with Crippen LogP contribution in [0.3, 0.4) is 0 Å². The van der Waals surface area contributed by atoms with E-state index < -0.39 is 86.8 Å². The number of hydrogen-bond acceptors (Lipinski definition) is 13. The number of rotatable bonds is 53. The van der Waals surface area contributed by atoms with Crippen LogP contribution in [0.1, 0.15) is 277 Å². The zero-order valence-electron chi connectivity index (χ0n) is 50.1. The lowest BCUT2D eigenvalue weighted by Crippen LogP contribution is -2.65. The van der Waals surface area contributed by atoms with Gasteiger partial charge < -0.3 is 65.1 Å². The lowest BCUT2D eigenvalue weighted by atomic mass is 9.97. The molecule has 0 radical (unpaired) electrons. The summed E-state index contributed by atoms with van der Waals surface area (Å²) in [6.45, 7) is 2.78. The maximum Gasteiger partial charge on any atom is 0.220 e. The molecular weight excluding hydrogens is 1000 g/mol. The normalized spacial score (nSPS) is 24.6. The zero-order valence-corrected chi connectivity index (χ0v) is 50.1. The average molecular weight is 1120 g/mol. The highest BCUT2D eigenvalue weighted by molar-refractivity contribution is 5.76. The maximum atomic E-state index is 13.2. The van der Waals surface area contributed by atoms with E-state index in [9.17, 15) is 45.6 Å². The van der Waals surface area contributed by atoms with E-state index in [-0.39, 0.29) is 12.5 Å². The zero-order chi connectivity index (χ0) is 57.4. The topological polar surface area (TPSA) is 228 Å². The van der Waals surface area contributed by atoms with Crippen LogP contribution in [-0.2, 0) is 23.7 Å². The summed E-state index contributed by atoms with van der Waals surface area (Å²) >= 11 is 0. The second-order valence-electron chi connectivity index (χ2n) is 23.2. The van der Waals surface area contributed by atoms with Gasteiger partial charge in [0, 0.05) is 6.42 Å². The first-order valence-corrected chi connectivity index (χ1v) is 32.7. The Hall–Kier alpha value is -1.79. The SMILES string of the molecule is CCCCCCC/C=C\C/C=C\C/C=C\CCCCCCCCCCCCCCCCCCCCCCCCCCC(=O)NC(COC1OC(CO)C(OC2OC(CO)C(O)C(O)C2O)C(O)C1O)C(O)CCCCCCCC. The fourth-order valence-electron chi connectivity index (χ4n) is 10.8. The molecule has 14 heteroatoms. The lowest BCUT2D eigenvalue weighted by Gasteiger charge is -2.46. The van der Waals surface area contributed by atoms with Crippen molar-refractivity contribution in [3.63, 3.8) is 0 Å². The molecule has 0 spiro atoms. The largest absolute Gasteiger partial charge is 0.394 e. The molecule has 0 aromatic rings. The number of hydrogen-bond donors (Lipinski definition) is 9. The summed E-state index contributed by atoms with van der Waals surface area (Å²) in [5.41, 5.74) is 0. The number of ether oxygens (including phenoxy) is 4.